The number of rotatable bonds is 3. The van der Waals surface area contributed by atoms with E-state index in [-0.39, 0.29) is 6.10 Å². The molecule has 0 bridgehead atoms. The van der Waals surface area contributed by atoms with E-state index in [1.165, 1.54) is 0 Å². The van der Waals surface area contributed by atoms with Crippen molar-refractivity contribution in [2.24, 2.45) is 0 Å². The topological polar surface area (TPSA) is 29.5 Å². The van der Waals surface area contributed by atoms with Crippen LogP contribution in [-0.2, 0) is 11.2 Å². The Bertz CT molecular complexity index is 422. The van der Waals surface area contributed by atoms with E-state index < -0.39 is 5.60 Å². The van der Waals surface area contributed by atoms with Crippen molar-refractivity contribution in [3.8, 4) is 0 Å². The Kier molecular flexibility index (Phi) is 4.54. The van der Waals surface area contributed by atoms with E-state index in [0.29, 0.717) is 35.9 Å². The molecule has 0 spiro atoms. The summed E-state index contributed by atoms with van der Waals surface area (Å²) in [5.74, 6) is 0. The van der Waals surface area contributed by atoms with Crippen molar-refractivity contribution in [2.75, 3.05) is 6.61 Å². The van der Waals surface area contributed by atoms with Gasteiger partial charge in [0.05, 0.1) is 11.7 Å². The van der Waals surface area contributed by atoms with Gasteiger partial charge in [-0.05, 0) is 30.5 Å². The Morgan fingerprint density at radius 2 is 2.22 bits per heavy atom. The van der Waals surface area contributed by atoms with E-state index in [1.807, 2.05) is 12.1 Å². The summed E-state index contributed by atoms with van der Waals surface area (Å²) in [6.07, 6.45) is 2.96. The van der Waals surface area contributed by atoms with Crippen molar-refractivity contribution in [2.45, 2.75) is 44.3 Å². The Hall–Kier alpha value is -0.280. The lowest BCUT2D eigenvalue weighted by atomic mass is 9.84. The molecule has 1 N–H and O–H groups in total. The smallest absolute Gasteiger partial charge is 0.0735 e. The first kappa shape index (κ1) is 14.1. The summed E-state index contributed by atoms with van der Waals surface area (Å²) in [5.41, 5.74) is 0.233. The van der Waals surface area contributed by atoms with Gasteiger partial charge in [0.1, 0.15) is 0 Å². The van der Waals surface area contributed by atoms with Gasteiger partial charge in [-0.2, -0.15) is 0 Å². The average Bonchev–Trinajstić information content (AvgIpc) is 2.33. The molecule has 2 unspecified atom stereocenters. The molecular weight excluding hydrogens is 271 g/mol. The second kappa shape index (κ2) is 5.79. The summed E-state index contributed by atoms with van der Waals surface area (Å²) in [5, 5.41) is 11.9. The van der Waals surface area contributed by atoms with Crippen LogP contribution in [-0.4, -0.2) is 23.4 Å². The highest BCUT2D eigenvalue weighted by atomic mass is 35.5. The SMILES string of the molecule is CCC1CC(O)(Cc2ccc(Cl)cc2Cl)CCO1. The molecule has 100 valence electrons. The monoisotopic (exact) mass is 288 g/mol. The van der Waals surface area contributed by atoms with Gasteiger partial charge in [-0.3, -0.25) is 0 Å². The third-order valence-corrected chi connectivity index (χ3v) is 4.11. The first-order valence-corrected chi connectivity index (χ1v) is 7.06. The molecule has 1 fully saturated rings. The lowest BCUT2D eigenvalue weighted by Crippen LogP contribution is -2.42. The Balaban J connectivity index is 2.11. The summed E-state index contributed by atoms with van der Waals surface area (Å²) in [4.78, 5) is 0. The predicted octanol–water partition coefficient (Wildman–Crippen LogP) is 3.86. The van der Waals surface area contributed by atoms with Gasteiger partial charge in [0, 0.05) is 29.5 Å². The molecule has 18 heavy (non-hydrogen) atoms. The molecule has 1 aromatic carbocycles. The zero-order chi connectivity index (χ0) is 13.2. The quantitative estimate of drug-likeness (QED) is 0.915. The molecule has 2 nitrogen and oxygen atoms in total. The zero-order valence-electron chi connectivity index (χ0n) is 10.5. The lowest BCUT2D eigenvalue weighted by molar-refractivity contribution is -0.103. The maximum absolute atomic E-state index is 10.6. The van der Waals surface area contributed by atoms with E-state index in [4.69, 9.17) is 27.9 Å². The second-order valence-electron chi connectivity index (χ2n) is 4.99. The van der Waals surface area contributed by atoms with E-state index >= 15 is 0 Å². The third-order valence-electron chi connectivity index (χ3n) is 3.52. The predicted molar refractivity (Wildman–Crippen MR) is 74.4 cm³/mol. The molecule has 1 aliphatic rings. The highest BCUT2D eigenvalue weighted by Crippen LogP contribution is 2.32. The van der Waals surface area contributed by atoms with Crippen LogP contribution in [0.1, 0.15) is 31.7 Å². The molecule has 0 saturated carbocycles. The van der Waals surface area contributed by atoms with Gasteiger partial charge in [-0.25, -0.2) is 0 Å². The highest BCUT2D eigenvalue weighted by Gasteiger charge is 2.34. The molecular formula is C14H18Cl2O2. The van der Waals surface area contributed by atoms with Crippen LogP contribution in [0.4, 0.5) is 0 Å². The van der Waals surface area contributed by atoms with Gasteiger partial charge < -0.3 is 9.84 Å². The van der Waals surface area contributed by atoms with Crippen molar-refractivity contribution >= 4 is 23.2 Å². The molecule has 1 aromatic rings. The van der Waals surface area contributed by atoms with Crippen LogP contribution in [0, 0.1) is 0 Å². The minimum absolute atomic E-state index is 0.148. The van der Waals surface area contributed by atoms with Crippen LogP contribution < -0.4 is 0 Å². The Morgan fingerprint density at radius 1 is 1.44 bits per heavy atom. The fraction of sp³-hybridized carbons (Fsp3) is 0.571. The number of hydrogen-bond donors (Lipinski definition) is 1. The van der Waals surface area contributed by atoms with E-state index in [9.17, 15) is 5.11 Å². The third kappa shape index (κ3) is 3.39. The number of benzene rings is 1. The molecule has 4 heteroatoms. The molecule has 0 radical (unpaired) electrons. The van der Waals surface area contributed by atoms with Gasteiger partial charge in [0.15, 0.2) is 0 Å². The normalized spacial score (nSPS) is 28.3. The first-order chi connectivity index (χ1) is 8.52. The standard InChI is InChI=1S/C14H18Cl2O2/c1-2-12-9-14(17,5-6-18-12)8-10-3-4-11(15)7-13(10)16/h3-4,7,12,17H,2,5-6,8-9H2,1H3. The van der Waals surface area contributed by atoms with Crippen molar-refractivity contribution in [1.82, 2.24) is 0 Å². The van der Waals surface area contributed by atoms with Gasteiger partial charge >= 0.3 is 0 Å². The van der Waals surface area contributed by atoms with Gasteiger partial charge in [0.25, 0.3) is 0 Å². The lowest BCUT2D eigenvalue weighted by Gasteiger charge is -2.37. The summed E-state index contributed by atoms with van der Waals surface area (Å²) in [6, 6.07) is 5.42. The van der Waals surface area contributed by atoms with Crippen molar-refractivity contribution in [3.63, 3.8) is 0 Å². The van der Waals surface area contributed by atoms with Crippen LogP contribution in [0.2, 0.25) is 10.0 Å². The maximum atomic E-state index is 10.6. The fourth-order valence-corrected chi connectivity index (χ4v) is 2.92. The Labute approximate surface area is 118 Å². The van der Waals surface area contributed by atoms with Crippen LogP contribution in [0.5, 0.6) is 0 Å². The number of ether oxygens (including phenoxy) is 1. The van der Waals surface area contributed by atoms with Crippen LogP contribution >= 0.6 is 23.2 Å². The molecule has 0 aromatic heterocycles. The minimum Gasteiger partial charge on any atom is -0.389 e. The number of hydrogen-bond acceptors (Lipinski definition) is 2. The van der Waals surface area contributed by atoms with E-state index in [1.54, 1.807) is 6.07 Å². The largest absolute Gasteiger partial charge is 0.389 e. The van der Waals surface area contributed by atoms with Gasteiger partial charge in [-0.1, -0.05) is 36.2 Å². The van der Waals surface area contributed by atoms with E-state index in [2.05, 4.69) is 6.92 Å². The molecule has 2 rings (SSSR count). The molecule has 1 saturated heterocycles. The molecule has 0 amide bonds. The summed E-state index contributed by atoms with van der Waals surface area (Å²) in [6.45, 7) is 2.69. The summed E-state index contributed by atoms with van der Waals surface area (Å²) >= 11 is 12.0. The fourth-order valence-electron chi connectivity index (χ4n) is 2.44. The van der Waals surface area contributed by atoms with Crippen LogP contribution in [0.25, 0.3) is 0 Å². The van der Waals surface area contributed by atoms with Gasteiger partial charge in [-0.15, -0.1) is 0 Å². The molecule has 1 aliphatic heterocycles. The maximum Gasteiger partial charge on any atom is 0.0735 e. The average molecular weight is 289 g/mol. The van der Waals surface area contributed by atoms with Gasteiger partial charge in [0.2, 0.25) is 0 Å². The summed E-state index contributed by atoms with van der Waals surface area (Å²) in [7, 11) is 0. The number of aliphatic hydroxyl groups is 1. The Morgan fingerprint density at radius 3 is 2.89 bits per heavy atom. The van der Waals surface area contributed by atoms with Crippen molar-refractivity contribution in [1.29, 1.82) is 0 Å². The molecule has 0 aliphatic carbocycles. The van der Waals surface area contributed by atoms with Crippen molar-refractivity contribution < 1.29 is 9.84 Å². The number of halogens is 2. The second-order valence-corrected chi connectivity index (χ2v) is 5.84. The van der Waals surface area contributed by atoms with Crippen molar-refractivity contribution in [3.05, 3.63) is 33.8 Å². The molecule has 2 atom stereocenters. The van der Waals surface area contributed by atoms with Crippen LogP contribution in [0.3, 0.4) is 0 Å². The van der Waals surface area contributed by atoms with E-state index in [0.717, 1.165) is 12.0 Å². The molecule has 1 heterocycles. The van der Waals surface area contributed by atoms with Crippen LogP contribution in [0.15, 0.2) is 18.2 Å². The first-order valence-electron chi connectivity index (χ1n) is 6.30. The highest BCUT2D eigenvalue weighted by molar-refractivity contribution is 6.35. The summed E-state index contributed by atoms with van der Waals surface area (Å²) < 4.78 is 5.60. The minimum atomic E-state index is -0.712. The zero-order valence-corrected chi connectivity index (χ0v) is 12.0.